The van der Waals surface area contributed by atoms with E-state index >= 15 is 0 Å². The molecule has 0 bridgehead atoms. The van der Waals surface area contributed by atoms with Gasteiger partial charge in [0.1, 0.15) is 5.78 Å². The first-order chi connectivity index (χ1) is 12.2. The van der Waals surface area contributed by atoms with Crippen molar-refractivity contribution < 1.29 is 14.7 Å². The van der Waals surface area contributed by atoms with Crippen LogP contribution in [0, 0.1) is 51.8 Å². The smallest absolute Gasteiger partial charge is 0.157 e. The van der Waals surface area contributed by atoms with Crippen molar-refractivity contribution in [1.29, 1.82) is 5.26 Å². The summed E-state index contributed by atoms with van der Waals surface area (Å²) in [7, 11) is 0. The summed E-state index contributed by atoms with van der Waals surface area (Å²) in [4.78, 5) is 24.3. The Labute approximate surface area is 155 Å². The fraction of sp³-hybridized carbons (Fsp3) is 0.773. The Morgan fingerprint density at radius 1 is 1.31 bits per heavy atom. The molecular weight excluding hydrogens is 326 g/mol. The van der Waals surface area contributed by atoms with E-state index in [-0.39, 0.29) is 41.2 Å². The number of nitrogens with zero attached hydrogens (tertiary/aromatic N) is 1. The first-order valence-corrected chi connectivity index (χ1v) is 10.1. The Morgan fingerprint density at radius 2 is 2.04 bits per heavy atom. The zero-order valence-electron chi connectivity index (χ0n) is 16.0. The van der Waals surface area contributed by atoms with Crippen LogP contribution in [-0.4, -0.2) is 22.8 Å². The number of ketones is 2. The Kier molecular flexibility index (Phi) is 3.97. The van der Waals surface area contributed by atoms with Gasteiger partial charge in [0.25, 0.3) is 0 Å². The van der Waals surface area contributed by atoms with Gasteiger partial charge in [0.15, 0.2) is 5.78 Å². The Balaban J connectivity index is 1.77. The standard InChI is InChI=1S/C22H29NO3/c1-12(24)17-6-7-18-16-5-4-13-8-15(25)9-14(11-23)22(13,3)20(16)19(26)10-21(17,18)2/h8,14,16-20,26H,4-7,9-10H2,1-3H3/t14?,16-,17+,18-,19-,20+,21+,22+/m0/s1. The molecule has 4 heteroatoms. The quantitative estimate of drug-likeness (QED) is 0.781. The number of hydrogen-bond donors (Lipinski definition) is 1. The van der Waals surface area contributed by atoms with Crippen molar-refractivity contribution in [3.8, 4) is 6.07 Å². The maximum Gasteiger partial charge on any atom is 0.157 e. The molecule has 4 aliphatic carbocycles. The van der Waals surface area contributed by atoms with E-state index in [1.165, 1.54) is 0 Å². The number of aliphatic hydroxyl groups is 1. The van der Waals surface area contributed by atoms with Crippen molar-refractivity contribution in [1.82, 2.24) is 0 Å². The fourth-order valence-electron chi connectivity index (χ4n) is 7.60. The highest BCUT2D eigenvalue weighted by Gasteiger charge is 2.64. The number of hydrogen-bond acceptors (Lipinski definition) is 4. The molecule has 0 aliphatic heterocycles. The van der Waals surface area contributed by atoms with Crippen molar-refractivity contribution >= 4 is 11.6 Å². The molecule has 0 aromatic rings. The number of aliphatic hydroxyl groups excluding tert-OH is 1. The van der Waals surface area contributed by atoms with Crippen LogP contribution in [0.25, 0.3) is 0 Å². The third-order valence-corrected chi connectivity index (χ3v) is 8.69. The number of allylic oxidation sites excluding steroid dienone is 1. The van der Waals surface area contributed by atoms with Crippen molar-refractivity contribution in [3.05, 3.63) is 11.6 Å². The zero-order valence-corrected chi connectivity index (χ0v) is 16.0. The normalized spacial score (nSPS) is 50.1. The molecule has 3 saturated carbocycles. The maximum atomic E-state index is 12.2. The first-order valence-electron chi connectivity index (χ1n) is 10.1. The molecule has 3 fully saturated rings. The van der Waals surface area contributed by atoms with Crippen molar-refractivity contribution in [3.63, 3.8) is 0 Å². The molecule has 4 aliphatic rings. The van der Waals surface area contributed by atoms with E-state index in [0.717, 1.165) is 31.3 Å². The van der Waals surface area contributed by atoms with Gasteiger partial charge in [0.2, 0.25) is 0 Å². The molecule has 1 unspecified atom stereocenters. The van der Waals surface area contributed by atoms with Gasteiger partial charge in [0, 0.05) is 17.8 Å². The van der Waals surface area contributed by atoms with Crippen molar-refractivity contribution in [2.45, 2.75) is 65.4 Å². The number of fused-ring (bicyclic) bond motifs is 5. The summed E-state index contributed by atoms with van der Waals surface area (Å²) in [5.74, 6) is 0.777. The van der Waals surface area contributed by atoms with Crippen molar-refractivity contribution in [2.75, 3.05) is 0 Å². The average Bonchev–Trinajstić information content (AvgIpc) is 2.91. The molecule has 0 spiro atoms. The second kappa shape index (κ2) is 5.76. The van der Waals surface area contributed by atoms with Crippen molar-refractivity contribution in [2.24, 2.45) is 40.4 Å². The van der Waals surface area contributed by atoms with Crippen LogP contribution >= 0.6 is 0 Å². The van der Waals surface area contributed by atoms with Gasteiger partial charge in [-0.05, 0) is 68.3 Å². The van der Waals surface area contributed by atoms with E-state index in [4.69, 9.17) is 0 Å². The second-order valence-corrected chi connectivity index (χ2v) is 9.66. The van der Waals surface area contributed by atoms with Crippen LogP contribution in [0.15, 0.2) is 11.6 Å². The van der Waals surface area contributed by atoms with Gasteiger partial charge in [-0.2, -0.15) is 5.26 Å². The number of nitriles is 1. The van der Waals surface area contributed by atoms with E-state index in [9.17, 15) is 20.0 Å². The summed E-state index contributed by atoms with van der Waals surface area (Å²) < 4.78 is 0. The number of rotatable bonds is 1. The lowest BCUT2D eigenvalue weighted by molar-refractivity contribution is -0.147. The number of carbonyl (C=O) groups excluding carboxylic acids is 2. The van der Waals surface area contributed by atoms with Gasteiger partial charge in [-0.3, -0.25) is 9.59 Å². The molecular formula is C22H29NO3. The predicted molar refractivity (Wildman–Crippen MR) is 96.8 cm³/mol. The summed E-state index contributed by atoms with van der Waals surface area (Å²) in [5, 5.41) is 21.1. The van der Waals surface area contributed by atoms with Gasteiger partial charge in [-0.25, -0.2) is 0 Å². The second-order valence-electron chi connectivity index (χ2n) is 9.66. The van der Waals surface area contributed by atoms with Gasteiger partial charge >= 0.3 is 0 Å². The first kappa shape index (κ1) is 17.9. The molecule has 0 radical (unpaired) electrons. The molecule has 26 heavy (non-hydrogen) atoms. The third kappa shape index (κ3) is 2.16. The van der Waals surface area contributed by atoms with Crippen LogP contribution in [-0.2, 0) is 9.59 Å². The van der Waals surface area contributed by atoms with Crippen LogP contribution in [0.2, 0.25) is 0 Å². The van der Waals surface area contributed by atoms with E-state index in [1.807, 2.05) is 0 Å². The molecule has 4 nitrogen and oxygen atoms in total. The van der Waals surface area contributed by atoms with Crippen LogP contribution in [0.4, 0.5) is 0 Å². The average molecular weight is 355 g/mol. The zero-order chi connectivity index (χ0) is 18.9. The Hall–Kier alpha value is -1.47. The minimum absolute atomic E-state index is 0.0176. The minimum atomic E-state index is -0.515. The molecule has 0 aromatic heterocycles. The summed E-state index contributed by atoms with van der Waals surface area (Å²) in [5.41, 5.74) is 0.530. The van der Waals surface area contributed by atoms with E-state index in [1.54, 1.807) is 13.0 Å². The SMILES string of the molecule is CC(=O)[C@H]1CC[C@H]2[C@@H]3CCC4=CC(=O)CC(C#N)[C@]4(C)[C@H]3[C@@H](O)C[C@]12C. The summed E-state index contributed by atoms with van der Waals surface area (Å²) in [6.07, 6.45) is 5.91. The molecule has 8 atom stereocenters. The lowest BCUT2D eigenvalue weighted by Gasteiger charge is -2.60. The lowest BCUT2D eigenvalue weighted by Crippen LogP contribution is -2.58. The molecule has 4 rings (SSSR count). The third-order valence-electron chi connectivity index (χ3n) is 8.69. The van der Waals surface area contributed by atoms with Gasteiger partial charge in [0.05, 0.1) is 18.1 Å². The number of carbonyl (C=O) groups is 2. The van der Waals surface area contributed by atoms with E-state index in [0.29, 0.717) is 18.3 Å². The van der Waals surface area contributed by atoms with E-state index < -0.39 is 11.5 Å². The van der Waals surface area contributed by atoms with Gasteiger partial charge < -0.3 is 5.11 Å². The number of Topliss-reactive ketones (excluding diaryl/α,β-unsaturated/α-hetero) is 1. The molecule has 140 valence electrons. The van der Waals surface area contributed by atoms with Crippen LogP contribution < -0.4 is 0 Å². The maximum absolute atomic E-state index is 12.2. The molecule has 1 N–H and O–H groups in total. The fourth-order valence-corrected chi connectivity index (χ4v) is 7.60. The molecule has 0 heterocycles. The Bertz CT molecular complexity index is 734. The highest BCUT2D eigenvalue weighted by Crippen LogP contribution is 2.67. The highest BCUT2D eigenvalue weighted by molar-refractivity contribution is 5.92. The van der Waals surface area contributed by atoms with Gasteiger partial charge in [-0.1, -0.05) is 19.4 Å². The highest BCUT2D eigenvalue weighted by atomic mass is 16.3. The summed E-state index contributed by atoms with van der Waals surface area (Å²) in [6.45, 7) is 6.01. The predicted octanol–water partition coefficient (Wildman–Crippen LogP) is 3.44. The molecule has 0 aromatic carbocycles. The van der Waals surface area contributed by atoms with E-state index in [2.05, 4.69) is 19.9 Å². The molecule has 0 amide bonds. The topological polar surface area (TPSA) is 78.2 Å². The molecule has 0 saturated heterocycles. The lowest BCUT2D eigenvalue weighted by atomic mass is 9.44. The monoisotopic (exact) mass is 355 g/mol. The van der Waals surface area contributed by atoms with Crippen LogP contribution in [0.5, 0.6) is 0 Å². The summed E-state index contributed by atoms with van der Waals surface area (Å²) >= 11 is 0. The van der Waals surface area contributed by atoms with Gasteiger partial charge in [-0.15, -0.1) is 0 Å². The van der Waals surface area contributed by atoms with Crippen LogP contribution in [0.1, 0.15) is 59.3 Å². The van der Waals surface area contributed by atoms with Crippen LogP contribution in [0.3, 0.4) is 0 Å². The largest absolute Gasteiger partial charge is 0.393 e. The Morgan fingerprint density at radius 3 is 2.69 bits per heavy atom. The minimum Gasteiger partial charge on any atom is -0.393 e. The summed E-state index contributed by atoms with van der Waals surface area (Å²) in [6, 6.07) is 2.40.